The molecule has 1 aromatic rings. The van der Waals surface area contributed by atoms with E-state index in [1.807, 2.05) is 13.1 Å². The average Bonchev–Trinajstić information content (AvgIpc) is 3.09. The van der Waals surface area contributed by atoms with Crippen molar-refractivity contribution in [3.63, 3.8) is 0 Å². The minimum atomic E-state index is 0. The van der Waals surface area contributed by atoms with E-state index in [4.69, 9.17) is 14.2 Å². The third-order valence-electron chi connectivity index (χ3n) is 5.24. The molecule has 0 saturated carbocycles. The predicted octanol–water partition coefficient (Wildman–Crippen LogP) is 2.10. The lowest BCUT2D eigenvalue weighted by Gasteiger charge is -2.38. The van der Waals surface area contributed by atoms with Gasteiger partial charge in [0.2, 0.25) is 0 Å². The van der Waals surface area contributed by atoms with Gasteiger partial charge in [-0.1, -0.05) is 6.92 Å². The second-order valence-electron chi connectivity index (χ2n) is 7.82. The Morgan fingerprint density at radius 3 is 2.46 bits per heavy atom. The summed E-state index contributed by atoms with van der Waals surface area (Å²) in [4.78, 5) is 6.81. The van der Waals surface area contributed by atoms with Crippen molar-refractivity contribution in [3.05, 3.63) is 23.8 Å². The Morgan fingerprint density at radius 1 is 1.25 bits per heavy atom. The van der Waals surface area contributed by atoms with Gasteiger partial charge in [0.1, 0.15) is 11.5 Å². The molecule has 2 fully saturated rings. The summed E-state index contributed by atoms with van der Waals surface area (Å²) in [6.07, 6.45) is 1.10. The SMILES string of the molecule is CN=C(NCC1(C)COC1)NC1CCN(Cc2cc(OC)cc(OC)c2)C1.I. The lowest BCUT2D eigenvalue weighted by atomic mass is 9.89. The molecule has 3 rings (SSSR count). The van der Waals surface area contributed by atoms with Gasteiger partial charge in [0.15, 0.2) is 5.96 Å². The summed E-state index contributed by atoms with van der Waals surface area (Å²) in [7, 11) is 5.19. The number of benzene rings is 1. The number of ether oxygens (including phenoxy) is 3. The quantitative estimate of drug-likeness (QED) is 0.337. The molecule has 1 unspecified atom stereocenters. The number of rotatable bonds is 7. The summed E-state index contributed by atoms with van der Waals surface area (Å²) in [6.45, 7) is 7.67. The van der Waals surface area contributed by atoms with Gasteiger partial charge in [0.25, 0.3) is 0 Å². The normalized spacial score (nSPS) is 21.4. The van der Waals surface area contributed by atoms with Crippen LogP contribution in [0.25, 0.3) is 0 Å². The highest BCUT2D eigenvalue weighted by atomic mass is 127. The zero-order valence-electron chi connectivity index (χ0n) is 17.3. The summed E-state index contributed by atoms with van der Waals surface area (Å²) in [6, 6.07) is 6.45. The van der Waals surface area contributed by atoms with Gasteiger partial charge in [0, 0.05) is 50.7 Å². The van der Waals surface area contributed by atoms with Gasteiger partial charge >= 0.3 is 0 Å². The standard InChI is InChI=1S/C20H32N4O3.HI/c1-20(13-27-14-20)12-22-19(21-2)23-16-5-6-24(11-16)10-15-7-17(25-3)9-18(8-15)26-4;/h7-9,16H,5-6,10-14H2,1-4H3,(H2,21,22,23);1H. The van der Waals surface area contributed by atoms with Crippen LogP contribution in [-0.4, -0.2) is 71.0 Å². The highest BCUT2D eigenvalue weighted by Crippen LogP contribution is 2.25. The molecule has 0 radical (unpaired) electrons. The summed E-state index contributed by atoms with van der Waals surface area (Å²) in [5, 5.41) is 7.00. The molecule has 2 heterocycles. The Labute approximate surface area is 185 Å². The van der Waals surface area contributed by atoms with E-state index in [0.29, 0.717) is 6.04 Å². The molecule has 1 atom stereocenters. The van der Waals surface area contributed by atoms with Crippen molar-refractivity contribution in [1.29, 1.82) is 0 Å². The van der Waals surface area contributed by atoms with E-state index in [0.717, 1.165) is 63.3 Å². The van der Waals surface area contributed by atoms with Crippen molar-refractivity contribution < 1.29 is 14.2 Å². The van der Waals surface area contributed by atoms with Crippen LogP contribution in [0.5, 0.6) is 11.5 Å². The summed E-state index contributed by atoms with van der Waals surface area (Å²) >= 11 is 0. The third kappa shape index (κ3) is 6.12. The van der Waals surface area contributed by atoms with Gasteiger partial charge < -0.3 is 24.8 Å². The van der Waals surface area contributed by atoms with E-state index in [9.17, 15) is 0 Å². The maximum atomic E-state index is 5.37. The van der Waals surface area contributed by atoms with Crippen LogP contribution < -0.4 is 20.1 Å². The maximum absolute atomic E-state index is 5.37. The molecule has 1 aromatic carbocycles. The van der Waals surface area contributed by atoms with Crippen molar-refractivity contribution in [2.45, 2.75) is 25.9 Å². The Hall–Kier alpha value is -1.26. The number of aliphatic imine (C=N–C) groups is 1. The first-order chi connectivity index (χ1) is 13.0. The van der Waals surface area contributed by atoms with Gasteiger partial charge in [-0.05, 0) is 24.1 Å². The summed E-state index contributed by atoms with van der Waals surface area (Å²) < 4.78 is 16.1. The molecule has 8 heteroatoms. The Morgan fingerprint density at radius 2 is 1.93 bits per heavy atom. The number of methoxy groups -OCH3 is 2. The number of hydrogen-bond acceptors (Lipinski definition) is 5. The van der Waals surface area contributed by atoms with E-state index in [-0.39, 0.29) is 29.4 Å². The smallest absolute Gasteiger partial charge is 0.191 e. The molecule has 0 aliphatic carbocycles. The molecule has 7 nitrogen and oxygen atoms in total. The number of likely N-dealkylation sites (tertiary alicyclic amines) is 1. The fourth-order valence-corrected chi connectivity index (χ4v) is 3.55. The maximum Gasteiger partial charge on any atom is 0.191 e. The first-order valence-corrected chi connectivity index (χ1v) is 9.53. The van der Waals surface area contributed by atoms with Crippen LogP contribution in [0, 0.1) is 5.41 Å². The van der Waals surface area contributed by atoms with Crippen LogP contribution >= 0.6 is 24.0 Å². The van der Waals surface area contributed by atoms with E-state index < -0.39 is 0 Å². The predicted molar refractivity (Wildman–Crippen MR) is 122 cm³/mol. The summed E-state index contributed by atoms with van der Waals surface area (Å²) in [5.41, 5.74) is 1.43. The van der Waals surface area contributed by atoms with Crippen LogP contribution in [0.3, 0.4) is 0 Å². The molecular formula is C20H33IN4O3. The zero-order valence-corrected chi connectivity index (χ0v) is 19.6. The van der Waals surface area contributed by atoms with Gasteiger partial charge in [-0.15, -0.1) is 24.0 Å². The lowest BCUT2D eigenvalue weighted by molar-refractivity contribution is -0.0971. The van der Waals surface area contributed by atoms with Crippen molar-refractivity contribution in [3.8, 4) is 11.5 Å². The fraction of sp³-hybridized carbons (Fsp3) is 0.650. The van der Waals surface area contributed by atoms with E-state index in [1.54, 1.807) is 14.2 Å². The van der Waals surface area contributed by atoms with Crippen LogP contribution in [0.4, 0.5) is 0 Å². The molecule has 158 valence electrons. The van der Waals surface area contributed by atoms with E-state index >= 15 is 0 Å². The number of guanidine groups is 1. The van der Waals surface area contributed by atoms with Crippen molar-refractivity contribution in [1.82, 2.24) is 15.5 Å². The Kier molecular flexibility index (Phi) is 8.63. The molecule has 2 N–H and O–H groups in total. The van der Waals surface area contributed by atoms with Gasteiger partial charge in [-0.3, -0.25) is 9.89 Å². The van der Waals surface area contributed by atoms with Crippen LogP contribution in [0.1, 0.15) is 18.9 Å². The first kappa shape index (κ1) is 23.0. The molecule has 0 amide bonds. The van der Waals surface area contributed by atoms with Crippen LogP contribution in [0.15, 0.2) is 23.2 Å². The second-order valence-corrected chi connectivity index (χ2v) is 7.82. The van der Waals surface area contributed by atoms with Crippen LogP contribution in [0.2, 0.25) is 0 Å². The minimum Gasteiger partial charge on any atom is -0.497 e. The third-order valence-corrected chi connectivity index (χ3v) is 5.24. The Balaban J connectivity index is 0.00000280. The zero-order chi connectivity index (χ0) is 19.3. The highest BCUT2D eigenvalue weighted by Gasteiger charge is 2.33. The van der Waals surface area contributed by atoms with E-state index in [2.05, 4.69) is 39.6 Å². The van der Waals surface area contributed by atoms with Gasteiger partial charge in [-0.2, -0.15) is 0 Å². The number of hydrogen-bond donors (Lipinski definition) is 2. The average molecular weight is 504 g/mol. The second kappa shape index (κ2) is 10.5. The molecule has 2 aliphatic heterocycles. The number of nitrogens with zero attached hydrogens (tertiary/aromatic N) is 2. The molecule has 2 aliphatic rings. The van der Waals surface area contributed by atoms with Gasteiger partial charge in [-0.25, -0.2) is 0 Å². The molecule has 0 bridgehead atoms. The number of nitrogens with one attached hydrogen (secondary N) is 2. The lowest BCUT2D eigenvalue weighted by Crippen LogP contribution is -2.52. The number of halogens is 1. The minimum absolute atomic E-state index is 0. The molecular weight excluding hydrogens is 471 g/mol. The highest BCUT2D eigenvalue weighted by molar-refractivity contribution is 14.0. The summed E-state index contributed by atoms with van der Waals surface area (Å²) in [5.74, 6) is 2.53. The van der Waals surface area contributed by atoms with Crippen molar-refractivity contribution in [2.75, 3.05) is 54.1 Å². The van der Waals surface area contributed by atoms with E-state index in [1.165, 1.54) is 5.56 Å². The monoisotopic (exact) mass is 504 g/mol. The largest absolute Gasteiger partial charge is 0.497 e. The van der Waals surface area contributed by atoms with Crippen LogP contribution in [-0.2, 0) is 11.3 Å². The topological polar surface area (TPSA) is 67.4 Å². The van der Waals surface area contributed by atoms with Gasteiger partial charge in [0.05, 0.1) is 27.4 Å². The molecule has 0 aromatic heterocycles. The molecule has 0 spiro atoms. The Bertz CT molecular complexity index is 645. The molecule has 28 heavy (non-hydrogen) atoms. The van der Waals surface area contributed by atoms with Crippen molar-refractivity contribution in [2.24, 2.45) is 10.4 Å². The fourth-order valence-electron chi connectivity index (χ4n) is 3.55. The first-order valence-electron chi connectivity index (χ1n) is 9.53. The van der Waals surface area contributed by atoms with Crippen molar-refractivity contribution >= 4 is 29.9 Å². The molecule has 2 saturated heterocycles.